The van der Waals surface area contributed by atoms with Crippen molar-refractivity contribution in [2.45, 2.75) is 20.8 Å². The van der Waals surface area contributed by atoms with Crippen LogP contribution in [0.5, 0.6) is 0 Å². The zero-order chi connectivity index (χ0) is 8.01. The Bertz CT molecular complexity index is 393. The summed E-state index contributed by atoms with van der Waals surface area (Å²) in [4.78, 5) is 0. The van der Waals surface area contributed by atoms with Gasteiger partial charge < -0.3 is 8.83 Å². The van der Waals surface area contributed by atoms with E-state index in [1.807, 2.05) is 20.8 Å². The van der Waals surface area contributed by atoms with E-state index in [1.54, 1.807) is 6.26 Å². The number of furan rings is 2. The van der Waals surface area contributed by atoms with E-state index in [-0.39, 0.29) is 0 Å². The molecule has 0 fully saturated rings. The van der Waals surface area contributed by atoms with E-state index in [0.29, 0.717) is 0 Å². The molecule has 0 amide bonds. The van der Waals surface area contributed by atoms with Crippen LogP contribution >= 0.6 is 0 Å². The average Bonchev–Trinajstić information content (AvgIpc) is 2.43. The summed E-state index contributed by atoms with van der Waals surface area (Å²) in [7, 11) is 0. The molecule has 0 bridgehead atoms. The molecule has 2 nitrogen and oxygen atoms in total. The Labute approximate surface area is 64.8 Å². The average molecular weight is 150 g/mol. The van der Waals surface area contributed by atoms with Gasteiger partial charge in [-0.15, -0.1) is 0 Å². The Hall–Kier alpha value is -1.18. The molecule has 0 atom stereocenters. The largest absolute Gasteiger partial charge is 0.460 e. The van der Waals surface area contributed by atoms with Crippen LogP contribution in [0.1, 0.15) is 16.9 Å². The zero-order valence-electron chi connectivity index (χ0n) is 6.89. The monoisotopic (exact) mass is 150 g/mol. The molecule has 11 heavy (non-hydrogen) atoms. The SMILES string of the molecule is Cc1oc2c(C)coc2c1C. The maximum absolute atomic E-state index is 5.48. The van der Waals surface area contributed by atoms with Gasteiger partial charge in [-0.25, -0.2) is 0 Å². The van der Waals surface area contributed by atoms with Crippen molar-refractivity contribution in [1.82, 2.24) is 0 Å². The third-order valence-electron chi connectivity index (χ3n) is 2.04. The lowest BCUT2D eigenvalue weighted by Gasteiger charge is -1.83. The van der Waals surface area contributed by atoms with E-state index in [2.05, 4.69) is 0 Å². The molecular formula is C9H10O2. The van der Waals surface area contributed by atoms with Crippen LogP contribution in [0.4, 0.5) is 0 Å². The molecule has 2 heteroatoms. The van der Waals surface area contributed by atoms with Gasteiger partial charge in [0.05, 0.1) is 6.26 Å². The summed E-state index contributed by atoms with van der Waals surface area (Å²) >= 11 is 0. The van der Waals surface area contributed by atoms with Crippen molar-refractivity contribution in [3.05, 3.63) is 23.2 Å². The minimum Gasteiger partial charge on any atom is -0.460 e. The van der Waals surface area contributed by atoms with Gasteiger partial charge in [0.1, 0.15) is 5.76 Å². The molecule has 0 N–H and O–H groups in total. The molecule has 0 saturated carbocycles. The van der Waals surface area contributed by atoms with Crippen molar-refractivity contribution in [3.8, 4) is 0 Å². The molecule has 0 aliphatic rings. The molecule has 2 heterocycles. The number of fused-ring (bicyclic) bond motifs is 1. The fourth-order valence-electron chi connectivity index (χ4n) is 1.21. The molecule has 0 unspecified atom stereocenters. The first-order valence-electron chi connectivity index (χ1n) is 3.64. The first kappa shape index (κ1) is 6.53. The second kappa shape index (κ2) is 1.91. The Morgan fingerprint density at radius 3 is 2.45 bits per heavy atom. The third-order valence-corrected chi connectivity index (χ3v) is 2.04. The number of hydrogen-bond donors (Lipinski definition) is 0. The van der Waals surface area contributed by atoms with Crippen LogP contribution in [0.2, 0.25) is 0 Å². The van der Waals surface area contributed by atoms with Crippen LogP contribution in [0.25, 0.3) is 11.2 Å². The van der Waals surface area contributed by atoms with Crippen molar-refractivity contribution in [1.29, 1.82) is 0 Å². The van der Waals surface area contributed by atoms with Gasteiger partial charge in [0, 0.05) is 11.1 Å². The molecule has 0 radical (unpaired) electrons. The molecule has 2 aromatic rings. The Kier molecular flexibility index (Phi) is 1.13. The summed E-state index contributed by atoms with van der Waals surface area (Å²) in [5.74, 6) is 0.947. The maximum Gasteiger partial charge on any atom is 0.175 e. The summed E-state index contributed by atoms with van der Waals surface area (Å²) < 4.78 is 10.8. The van der Waals surface area contributed by atoms with Crippen LogP contribution in [0, 0.1) is 20.8 Å². The van der Waals surface area contributed by atoms with Gasteiger partial charge in [-0.1, -0.05) is 0 Å². The van der Waals surface area contributed by atoms with E-state index in [9.17, 15) is 0 Å². The highest BCUT2D eigenvalue weighted by Gasteiger charge is 2.11. The Morgan fingerprint density at radius 1 is 1.09 bits per heavy atom. The molecule has 2 aromatic heterocycles. The smallest absolute Gasteiger partial charge is 0.175 e. The molecule has 0 saturated heterocycles. The first-order valence-corrected chi connectivity index (χ1v) is 3.64. The van der Waals surface area contributed by atoms with Crippen LogP contribution in [0.3, 0.4) is 0 Å². The quantitative estimate of drug-likeness (QED) is 0.577. The van der Waals surface area contributed by atoms with Crippen molar-refractivity contribution in [3.63, 3.8) is 0 Å². The molecule has 0 spiro atoms. The van der Waals surface area contributed by atoms with Crippen molar-refractivity contribution in [2.75, 3.05) is 0 Å². The molecule has 58 valence electrons. The Balaban J connectivity index is 2.93. The van der Waals surface area contributed by atoms with E-state index in [1.165, 1.54) is 0 Å². The van der Waals surface area contributed by atoms with Crippen molar-refractivity contribution in [2.24, 2.45) is 0 Å². The van der Waals surface area contributed by atoms with Gasteiger partial charge in [-0.05, 0) is 20.8 Å². The van der Waals surface area contributed by atoms with Crippen LogP contribution in [0.15, 0.2) is 15.1 Å². The standard InChI is InChI=1S/C9H10O2/c1-5-4-10-9-6(2)7(3)11-8(5)9/h4H,1-3H3. The normalized spacial score (nSPS) is 11.2. The first-order chi connectivity index (χ1) is 5.20. The third kappa shape index (κ3) is 0.723. The van der Waals surface area contributed by atoms with Crippen molar-refractivity contribution >= 4 is 11.2 Å². The lowest BCUT2D eigenvalue weighted by molar-refractivity contribution is 0.573. The fourth-order valence-corrected chi connectivity index (χ4v) is 1.21. The number of rotatable bonds is 0. The fraction of sp³-hybridized carbons (Fsp3) is 0.333. The van der Waals surface area contributed by atoms with Gasteiger partial charge in [0.15, 0.2) is 11.2 Å². The lowest BCUT2D eigenvalue weighted by atomic mass is 10.2. The lowest BCUT2D eigenvalue weighted by Crippen LogP contribution is -1.67. The van der Waals surface area contributed by atoms with Crippen LogP contribution in [-0.2, 0) is 0 Å². The maximum atomic E-state index is 5.48. The molecule has 2 rings (SSSR count). The highest BCUT2D eigenvalue weighted by Crippen LogP contribution is 2.28. The summed E-state index contributed by atoms with van der Waals surface area (Å²) in [5.41, 5.74) is 3.95. The predicted molar refractivity (Wildman–Crippen MR) is 42.7 cm³/mol. The van der Waals surface area contributed by atoms with Gasteiger partial charge >= 0.3 is 0 Å². The van der Waals surface area contributed by atoms with E-state index < -0.39 is 0 Å². The van der Waals surface area contributed by atoms with E-state index in [0.717, 1.165) is 28.1 Å². The highest BCUT2D eigenvalue weighted by atomic mass is 16.4. The molecule has 0 aromatic carbocycles. The van der Waals surface area contributed by atoms with E-state index in [4.69, 9.17) is 8.83 Å². The minimum absolute atomic E-state index is 0.889. The van der Waals surface area contributed by atoms with Crippen molar-refractivity contribution < 1.29 is 8.83 Å². The second-order valence-corrected chi connectivity index (χ2v) is 2.86. The Morgan fingerprint density at radius 2 is 1.82 bits per heavy atom. The van der Waals surface area contributed by atoms with Crippen LogP contribution < -0.4 is 0 Å². The zero-order valence-corrected chi connectivity index (χ0v) is 6.89. The summed E-state index contributed by atoms with van der Waals surface area (Å²) in [6.45, 7) is 5.93. The van der Waals surface area contributed by atoms with Gasteiger partial charge in [0.2, 0.25) is 0 Å². The molecular weight excluding hydrogens is 140 g/mol. The van der Waals surface area contributed by atoms with Gasteiger partial charge in [-0.3, -0.25) is 0 Å². The summed E-state index contributed by atoms with van der Waals surface area (Å²) in [6.07, 6.45) is 1.72. The molecule has 0 aliphatic heterocycles. The minimum atomic E-state index is 0.889. The van der Waals surface area contributed by atoms with Crippen LogP contribution in [-0.4, -0.2) is 0 Å². The molecule has 0 aliphatic carbocycles. The summed E-state index contributed by atoms with van der Waals surface area (Å²) in [5, 5.41) is 0. The van der Waals surface area contributed by atoms with Gasteiger partial charge in [0.25, 0.3) is 0 Å². The highest BCUT2D eigenvalue weighted by molar-refractivity contribution is 5.78. The topological polar surface area (TPSA) is 26.3 Å². The number of hydrogen-bond acceptors (Lipinski definition) is 2. The second-order valence-electron chi connectivity index (χ2n) is 2.86. The predicted octanol–water partition coefficient (Wildman–Crippen LogP) is 2.95. The van der Waals surface area contributed by atoms with Gasteiger partial charge in [-0.2, -0.15) is 0 Å². The summed E-state index contributed by atoms with van der Waals surface area (Å²) in [6, 6.07) is 0. The van der Waals surface area contributed by atoms with E-state index >= 15 is 0 Å². The number of aryl methyl sites for hydroxylation is 3.